The smallest absolute Gasteiger partial charge is 0.234 e. The van der Waals surface area contributed by atoms with Crippen molar-refractivity contribution in [2.45, 2.75) is 18.6 Å². The van der Waals surface area contributed by atoms with Crippen molar-refractivity contribution in [1.29, 1.82) is 0 Å². The van der Waals surface area contributed by atoms with Crippen molar-refractivity contribution in [3.05, 3.63) is 53.3 Å². The van der Waals surface area contributed by atoms with Gasteiger partial charge in [0, 0.05) is 23.5 Å². The van der Waals surface area contributed by atoms with Gasteiger partial charge in [-0.25, -0.2) is 4.39 Å². The molecular weight excluding hydrogens is 389 g/mol. The maximum Gasteiger partial charge on any atom is 0.234 e. The summed E-state index contributed by atoms with van der Waals surface area (Å²) in [6.45, 7) is 2.62. The van der Waals surface area contributed by atoms with Gasteiger partial charge < -0.3 is 15.6 Å². The number of nitrogen functional groups attached to an aromatic ring is 1. The van der Waals surface area contributed by atoms with E-state index in [1.165, 1.54) is 30.0 Å². The summed E-state index contributed by atoms with van der Waals surface area (Å²) in [5.41, 5.74) is 7.78. The SMILES string of the molecule is CCn1c(SCC(=O)Nc2ccc(F)c(Cl)c2)nnc1-c1cccc(N)c1. The number of anilines is 2. The molecule has 6 nitrogen and oxygen atoms in total. The van der Waals surface area contributed by atoms with E-state index in [0.29, 0.717) is 28.9 Å². The quantitative estimate of drug-likeness (QED) is 0.477. The highest BCUT2D eigenvalue weighted by atomic mass is 35.5. The molecule has 0 saturated carbocycles. The first kappa shape index (κ1) is 19.2. The van der Waals surface area contributed by atoms with Crippen LogP contribution < -0.4 is 11.1 Å². The first-order chi connectivity index (χ1) is 13.0. The largest absolute Gasteiger partial charge is 0.399 e. The summed E-state index contributed by atoms with van der Waals surface area (Å²) in [6, 6.07) is 11.4. The van der Waals surface area contributed by atoms with E-state index in [9.17, 15) is 9.18 Å². The molecule has 0 aliphatic heterocycles. The molecule has 0 unspecified atom stereocenters. The molecule has 0 bridgehead atoms. The molecule has 3 aromatic rings. The van der Waals surface area contributed by atoms with E-state index in [0.717, 1.165) is 5.56 Å². The van der Waals surface area contributed by atoms with Crippen molar-refractivity contribution in [1.82, 2.24) is 14.8 Å². The zero-order chi connectivity index (χ0) is 19.4. The van der Waals surface area contributed by atoms with Crippen LogP contribution in [0.1, 0.15) is 6.92 Å². The number of benzene rings is 2. The molecular formula is C18H17ClFN5OS. The zero-order valence-electron chi connectivity index (χ0n) is 14.4. The lowest BCUT2D eigenvalue weighted by atomic mass is 10.2. The van der Waals surface area contributed by atoms with Gasteiger partial charge in [-0.15, -0.1) is 10.2 Å². The maximum atomic E-state index is 13.2. The van der Waals surface area contributed by atoms with E-state index in [1.807, 2.05) is 29.7 Å². The number of carbonyl (C=O) groups is 1. The fraction of sp³-hybridized carbons (Fsp3) is 0.167. The Morgan fingerprint density at radius 3 is 2.81 bits per heavy atom. The molecule has 9 heteroatoms. The predicted octanol–water partition coefficient (Wildman–Crippen LogP) is 4.07. The van der Waals surface area contributed by atoms with Crippen molar-refractivity contribution >= 4 is 40.6 Å². The van der Waals surface area contributed by atoms with Crippen LogP contribution in [0.4, 0.5) is 15.8 Å². The number of nitrogens with two attached hydrogens (primary N) is 1. The Hall–Kier alpha value is -2.58. The first-order valence-corrected chi connectivity index (χ1v) is 9.51. The minimum absolute atomic E-state index is 0.0436. The minimum atomic E-state index is -0.533. The fourth-order valence-corrected chi connectivity index (χ4v) is 3.46. The van der Waals surface area contributed by atoms with E-state index < -0.39 is 5.82 Å². The summed E-state index contributed by atoms with van der Waals surface area (Å²) in [5.74, 6) is 0.0374. The van der Waals surface area contributed by atoms with Crippen LogP contribution in [-0.2, 0) is 11.3 Å². The van der Waals surface area contributed by atoms with Crippen molar-refractivity contribution in [2.75, 3.05) is 16.8 Å². The Kier molecular flexibility index (Phi) is 5.98. The van der Waals surface area contributed by atoms with Crippen LogP contribution in [0.25, 0.3) is 11.4 Å². The third kappa shape index (κ3) is 4.58. The number of halogens is 2. The molecule has 2 aromatic carbocycles. The van der Waals surface area contributed by atoms with E-state index in [-0.39, 0.29) is 16.7 Å². The third-order valence-electron chi connectivity index (χ3n) is 3.71. The second kappa shape index (κ2) is 8.41. The van der Waals surface area contributed by atoms with Gasteiger partial charge >= 0.3 is 0 Å². The summed E-state index contributed by atoms with van der Waals surface area (Å²) >= 11 is 6.98. The molecule has 0 aliphatic rings. The highest BCUT2D eigenvalue weighted by Gasteiger charge is 2.15. The monoisotopic (exact) mass is 405 g/mol. The number of carbonyl (C=O) groups excluding carboxylic acids is 1. The van der Waals surface area contributed by atoms with E-state index in [2.05, 4.69) is 15.5 Å². The van der Waals surface area contributed by atoms with Crippen LogP contribution in [0.2, 0.25) is 5.02 Å². The summed E-state index contributed by atoms with van der Waals surface area (Å²) in [5, 5.41) is 11.7. The van der Waals surface area contributed by atoms with E-state index in [1.54, 1.807) is 6.07 Å². The molecule has 27 heavy (non-hydrogen) atoms. The average Bonchev–Trinajstić information content (AvgIpc) is 3.06. The van der Waals surface area contributed by atoms with Crippen LogP contribution >= 0.6 is 23.4 Å². The normalized spacial score (nSPS) is 10.8. The number of nitrogens with zero attached hydrogens (tertiary/aromatic N) is 3. The Labute approximate surface area is 164 Å². The molecule has 0 atom stereocenters. The highest BCUT2D eigenvalue weighted by molar-refractivity contribution is 7.99. The van der Waals surface area contributed by atoms with Gasteiger partial charge in [0.25, 0.3) is 0 Å². The Balaban J connectivity index is 1.69. The van der Waals surface area contributed by atoms with Crippen LogP contribution in [0.3, 0.4) is 0 Å². The Morgan fingerprint density at radius 1 is 1.30 bits per heavy atom. The summed E-state index contributed by atoms with van der Waals surface area (Å²) in [7, 11) is 0. The van der Waals surface area contributed by atoms with Gasteiger partial charge in [0.2, 0.25) is 5.91 Å². The van der Waals surface area contributed by atoms with Crippen molar-refractivity contribution < 1.29 is 9.18 Å². The second-order valence-electron chi connectivity index (χ2n) is 5.64. The van der Waals surface area contributed by atoms with Crippen LogP contribution in [0, 0.1) is 5.82 Å². The molecule has 1 aromatic heterocycles. The molecule has 0 spiro atoms. The fourth-order valence-electron chi connectivity index (χ4n) is 2.47. The lowest BCUT2D eigenvalue weighted by molar-refractivity contribution is -0.113. The van der Waals surface area contributed by atoms with Crippen LogP contribution in [0.5, 0.6) is 0 Å². The third-order valence-corrected chi connectivity index (χ3v) is 4.97. The summed E-state index contributed by atoms with van der Waals surface area (Å²) in [4.78, 5) is 12.2. The highest BCUT2D eigenvalue weighted by Crippen LogP contribution is 2.25. The topological polar surface area (TPSA) is 85.8 Å². The van der Waals surface area contributed by atoms with E-state index in [4.69, 9.17) is 17.3 Å². The Morgan fingerprint density at radius 2 is 2.11 bits per heavy atom. The Bertz CT molecular complexity index is 978. The molecule has 0 aliphatic carbocycles. The summed E-state index contributed by atoms with van der Waals surface area (Å²) < 4.78 is 15.1. The zero-order valence-corrected chi connectivity index (χ0v) is 16.0. The lowest BCUT2D eigenvalue weighted by Gasteiger charge is -2.08. The number of rotatable bonds is 6. The van der Waals surface area contributed by atoms with Crippen molar-refractivity contribution in [3.8, 4) is 11.4 Å². The standard InChI is InChI=1S/C18H17ClFN5OS/c1-2-25-17(11-4-3-5-12(21)8-11)23-24-18(25)27-10-16(26)22-13-6-7-15(20)14(19)9-13/h3-9H,2,10,21H2,1H3,(H,22,26). The molecule has 1 heterocycles. The van der Waals surface area contributed by atoms with Gasteiger partial charge in [0.15, 0.2) is 11.0 Å². The maximum absolute atomic E-state index is 13.2. The molecule has 0 saturated heterocycles. The molecule has 0 fully saturated rings. The van der Waals surface area contributed by atoms with Gasteiger partial charge in [0.1, 0.15) is 5.82 Å². The number of nitrogens with one attached hydrogen (secondary N) is 1. The molecule has 3 rings (SSSR count). The number of hydrogen-bond donors (Lipinski definition) is 2. The number of thioether (sulfide) groups is 1. The average molecular weight is 406 g/mol. The molecule has 0 radical (unpaired) electrons. The lowest BCUT2D eigenvalue weighted by Crippen LogP contribution is -2.14. The number of amides is 1. The minimum Gasteiger partial charge on any atom is -0.399 e. The predicted molar refractivity (Wildman–Crippen MR) is 106 cm³/mol. The second-order valence-corrected chi connectivity index (χ2v) is 6.99. The van der Waals surface area contributed by atoms with Crippen LogP contribution in [0.15, 0.2) is 47.6 Å². The van der Waals surface area contributed by atoms with Gasteiger partial charge in [-0.05, 0) is 37.3 Å². The summed E-state index contributed by atoms with van der Waals surface area (Å²) in [6.07, 6.45) is 0. The van der Waals surface area contributed by atoms with Gasteiger partial charge in [-0.3, -0.25) is 4.79 Å². The molecule has 3 N–H and O–H groups in total. The number of aromatic nitrogens is 3. The van der Waals surface area contributed by atoms with Gasteiger partial charge in [-0.1, -0.05) is 35.5 Å². The van der Waals surface area contributed by atoms with Gasteiger partial charge in [-0.2, -0.15) is 0 Å². The van der Waals surface area contributed by atoms with Crippen LogP contribution in [-0.4, -0.2) is 26.4 Å². The molecule has 140 valence electrons. The van der Waals surface area contributed by atoms with Crippen molar-refractivity contribution in [2.24, 2.45) is 0 Å². The number of hydrogen-bond acceptors (Lipinski definition) is 5. The van der Waals surface area contributed by atoms with Crippen molar-refractivity contribution in [3.63, 3.8) is 0 Å². The van der Waals surface area contributed by atoms with Gasteiger partial charge in [0.05, 0.1) is 10.8 Å². The molecule has 1 amide bonds. The first-order valence-electron chi connectivity index (χ1n) is 8.14. The van der Waals surface area contributed by atoms with E-state index >= 15 is 0 Å².